The Labute approximate surface area is 92.5 Å². The van der Waals surface area contributed by atoms with Crippen LogP contribution in [0.1, 0.15) is 11.1 Å². The van der Waals surface area contributed by atoms with Crippen molar-refractivity contribution in [1.82, 2.24) is 9.78 Å². The highest BCUT2D eigenvalue weighted by Gasteiger charge is 2.12. The summed E-state index contributed by atoms with van der Waals surface area (Å²) in [6.45, 7) is 4.02. The summed E-state index contributed by atoms with van der Waals surface area (Å²) in [4.78, 5) is 9.99. The molecule has 0 N–H and O–H groups in total. The van der Waals surface area contributed by atoms with Gasteiger partial charge in [-0.1, -0.05) is 6.07 Å². The number of nitrogens with zero attached hydrogens (tertiary/aromatic N) is 3. The molecule has 0 aliphatic rings. The molecule has 0 fully saturated rings. The highest BCUT2D eigenvalue weighted by Crippen LogP contribution is 2.15. The summed E-state index contributed by atoms with van der Waals surface area (Å²) < 4.78 is 1.50. The Kier molecular flexibility index (Phi) is 2.44. The maximum Gasteiger partial charge on any atom is 0.390 e. The number of hydrogen-bond donors (Lipinski definition) is 0. The Balaban J connectivity index is 2.42. The third-order valence-electron chi connectivity index (χ3n) is 2.52. The topological polar surface area (TPSA) is 61.0 Å². The highest BCUT2D eigenvalue weighted by atomic mass is 16.6. The molecule has 0 spiro atoms. The van der Waals surface area contributed by atoms with Crippen LogP contribution in [0.15, 0.2) is 30.5 Å². The van der Waals surface area contributed by atoms with Gasteiger partial charge in [0.1, 0.15) is 0 Å². The Morgan fingerprint density at radius 2 is 2.00 bits per heavy atom. The van der Waals surface area contributed by atoms with E-state index in [1.54, 1.807) is 6.20 Å². The third kappa shape index (κ3) is 1.79. The maximum absolute atomic E-state index is 10.5. The number of nitro groups is 1. The molecule has 5 nitrogen and oxygen atoms in total. The molecule has 0 radical (unpaired) electrons. The molecule has 1 aromatic heterocycles. The van der Waals surface area contributed by atoms with E-state index in [1.807, 2.05) is 32.0 Å². The summed E-state index contributed by atoms with van der Waals surface area (Å²) in [5.41, 5.74) is 3.15. The fraction of sp³-hybridized carbons (Fsp3) is 0.182. The molecule has 0 amide bonds. The van der Waals surface area contributed by atoms with Gasteiger partial charge >= 0.3 is 5.82 Å². The van der Waals surface area contributed by atoms with Gasteiger partial charge < -0.3 is 10.1 Å². The van der Waals surface area contributed by atoms with Crippen molar-refractivity contribution < 1.29 is 4.92 Å². The molecule has 0 aliphatic carbocycles. The van der Waals surface area contributed by atoms with E-state index in [4.69, 9.17) is 0 Å². The van der Waals surface area contributed by atoms with Crippen LogP contribution >= 0.6 is 0 Å². The van der Waals surface area contributed by atoms with E-state index in [0.717, 1.165) is 11.3 Å². The molecule has 0 unspecified atom stereocenters. The van der Waals surface area contributed by atoms with Crippen molar-refractivity contribution in [3.8, 4) is 5.69 Å². The van der Waals surface area contributed by atoms with Gasteiger partial charge in [-0.15, -0.1) is 4.68 Å². The minimum absolute atomic E-state index is 0.141. The monoisotopic (exact) mass is 217 g/mol. The molecule has 16 heavy (non-hydrogen) atoms. The lowest BCUT2D eigenvalue weighted by Gasteiger charge is -2.01. The minimum Gasteiger partial charge on any atom is -0.358 e. The smallest absolute Gasteiger partial charge is 0.358 e. The summed E-state index contributed by atoms with van der Waals surface area (Å²) in [6, 6.07) is 7.19. The zero-order valence-corrected chi connectivity index (χ0v) is 9.04. The number of benzene rings is 1. The van der Waals surface area contributed by atoms with Gasteiger partial charge in [0.15, 0.2) is 0 Å². The fourth-order valence-electron chi connectivity index (χ4n) is 1.42. The standard InChI is InChI=1S/C11H11N3O2/c1-8-3-4-10(7-9(8)2)13-6-5-11(12-13)14(15)16/h3-7H,1-2H3. The normalized spacial score (nSPS) is 10.4. The van der Waals surface area contributed by atoms with Crippen molar-refractivity contribution in [2.24, 2.45) is 0 Å². The van der Waals surface area contributed by atoms with E-state index in [-0.39, 0.29) is 5.82 Å². The molecule has 1 heterocycles. The first-order valence-corrected chi connectivity index (χ1v) is 4.85. The SMILES string of the molecule is Cc1ccc(-n2ccc([N+](=O)[O-])n2)cc1C. The number of aryl methyl sites for hydroxylation is 2. The summed E-state index contributed by atoms with van der Waals surface area (Å²) in [7, 11) is 0. The van der Waals surface area contributed by atoms with Crippen LogP contribution in [0.4, 0.5) is 5.82 Å². The van der Waals surface area contributed by atoms with E-state index < -0.39 is 4.92 Å². The van der Waals surface area contributed by atoms with Crippen LogP contribution in [0, 0.1) is 24.0 Å². The molecule has 82 valence electrons. The lowest BCUT2D eigenvalue weighted by molar-refractivity contribution is -0.389. The Morgan fingerprint density at radius 3 is 2.56 bits per heavy atom. The molecule has 0 atom stereocenters. The Bertz CT molecular complexity index is 546. The highest BCUT2D eigenvalue weighted by molar-refractivity contribution is 5.39. The molecule has 0 saturated heterocycles. The summed E-state index contributed by atoms with van der Waals surface area (Å²) in [6.07, 6.45) is 1.59. The van der Waals surface area contributed by atoms with Crippen LogP contribution in [0.2, 0.25) is 0 Å². The minimum atomic E-state index is -0.502. The number of aromatic nitrogens is 2. The van der Waals surface area contributed by atoms with Crippen molar-refractivity contribution in [2.75, 3.05) is 0 Å². The van der Waals surface area contributed by atoms with Gasteiger partial charge in [0.25, 0.3) is 0 Å². The molecular formula is C11H11N3O2. The molecule has 2 aromatic rings. The van der Waals surface area contributed by atoms with Crippen LogP contribution in [0.25, 0.3) is 5.69 Å². The lowest BCUT2D eigenvalue weighted by atomic mass is 10.1. The van der Waals surface area contributed by atoms with Crippen LogP contribution in [0.5, 0.6) is 0 Å². The first-order valence-electron chi connectivity index (χ1n) is 4.85. The van der Waals surface area contributed by atoms with Crippen molar-refractivity contribution >= 4 is 5.82 Å². The molecule has 2 rings (SSSR count). The molecule has 5 heteroatoms. The Morgan fingerprint density at radius 1 is 1.25 bits per heavy atom. The van der Waals surface area contributed by atoms with Crippen LogP contribution in [-0.2, 0) is 0 Å². The number of hydrogen-bond acceptors (Lipinski definition) is 3. The van der Waals surface area contributed by atoms with Crippen LogP contribution in [0.3, 0.4) is 0 Å². The van der Waals surface area contributed by atoms with Crippen molar-refractivity contribution in [2.45, 2.75) is 13.8 Å². The Hall–Kier alpha value is -2.17. The van der Waals surface area contributed by atoms with E-state index in [0.29, 0.717) is 0 Å². The zero-order chi connectivity index (χ0) is 11.7. The predicted molar refractivity (Wildman–Crippen MR) is 59.7 cm³/mol. The van der Waals surface area contributed by atoms with Crippen molar-refractivity contribution in [3.05, 3.63) is 51.7 Å². The van der Waals surface area contributed by atoms with E-state index in [2.05, 4.69) is 5.10 Å². The van der Waals surface area contributed by atoms with E-state index in [9.17, 15) is 10.1 Å². The second-order valence-corrected chi connectivity index (χ2v) is 3.64. The average Bonchev–Trinajstić information content (AvgIpc) is 2.71. The zero-order valence-electron chi connectivity index (χ0n) is 9.04. The molecule has 0 bridgehead atoms. The van der Waals surface area contributed by atoms with E-state index >= 15 is 0 Å². The van der Waals surface area contributed by atoms with Crippen molar-refractivity contribution in [3.63, 3.8) is 0 Å². The predicted octanol–water partition coefficient (Wildman–Crippen LogP) is 2.40. The molecular weight excluding hydrogens is 206 g/mol. The van der Waals surface area contributed by atoms with Gasteiger partial charge in [-0.2, -0.15) is 0 Å². The second-order valence-electron chi connectivity index (χ2n) is 3.64. The maximum atomic E-state index is 10.5. The first kappa shape index (κ1) is 10.4. The van der Waals surface area contributed by atoms with E-state index in [1.165, 1.54) is 16.3 Å². The second kappa shape index (κ2) is 3.77. The third-order valence-corrected chi connectivity index (χ3v) is 2.52. The molecule has 1 aromatic carbocycles. The quantitative estimate of drug-likeness (QED) is 0.573. The summed E-state index contributed by atoms with van der Waals surface area (Å²) >= 11 is 0. The van der Waals surface area contributed by atoms with Gasteiger partial charge in [0.2, 0.25) is 0 Å². The largest absolute Gasteiger partial charge is 0.390 e. The van der Waals surface area contributed by atoms with Gasteiger partial charge in [-0.3, -0.25) is 0 Å². The van der Waals surface area contributed by atoms with Crippen molar-refractivity contribution in [1.29, 1.82) is 0 Å². The number of rotatable bonds is 2. The lowest BCUT2D eigenvalue weighted by Crippen LogP contribution is -1.97. The first-order chi connectivity index (χ1) is 7.58. The average molecular weight is 217 g/mol. The molecule has 0 aliphatic heterocycles. The van der Waals surface area contributed by atoms with Gasteiger partial charge in [-0.25, -0.2) is 0 Å². The molecule has 0 saturated carbocycles. The fourth-order valence-corrected chi connectivity index (χ4v) is 1.42. The van der Waals surface area contributed by atoms with Crippen LogP contribution in [-0.4, -0.2) is 14.7 Å². The van der Waals surface area contributed by atoms with Gasteiger partial charge in [-0.05, 0) is 42.0 Å². The summed E-state index contributed by atoms with van der Waals surface area (Å²) in [5.74, 6) is -0.141. The van der Waals surface area contributed by atoms with Crippen LogP contribution < -0.4 is 0 Å². The summed E-state index contributed by atoms with van der Waals surface area (Å²) in [5, 5.41) is 14.4. The van der Waals surface area contributed by atoms with Gasteiger partial charge in [0, 0.05) is 0 Å². The van der Waals surface area contributed by atoms with Gasteiger partial charge in [0.05, 0.1) is 23.0 Å².